The van der Waals surface area contributed by atoms with E-state index in [1.807, 2.05) is 49.4 Å². The Balaban J connectivity index is 1.86. The van der Waals surface area contributed by atoms with E-state index in [0.717, 1.165) is 17.5 Å². The number of carbonyl (C=O) groups excluding carboxylic acids is 2. The summed E-state index contributed by atoms with van der Waals surface area (Å²) in [7, 11) is 5.22. The highest BCUT2D eigenvalue weighted by Gasteiger charge is 2.08. The largest absolute Gasteiger partial charge is 0.356 e. The molecule has 0 unspecified atom stereocenters. The van der Waals surface area contributed by atoms with Gasteiger partial charge in [0.2, 0.25) is 0 Å². The van der Waals surface area contributed by atoms with Crippen LogP contribution in [0.3, 0.4) is 0 Å². The summed E-state index contributed by atoms with van der Waals surface area (Å²) in [5.41, 5.74) is 3.41. The maximum absolute atomic E-state index is 12.1. The second-order valence-corrected chi connectivity index (χ2v) is 7.06. The SMILES string of the molecule is CCNC(=O)c1cccc(CNC(=NC)NCCc2cccc(C(=O)N(C)C)c2)c1. The fourth-order valence-corrected chi connectivity index (χ4v) is 2.93. The quantitative estimate of drug-likeness (QED) is 0.460. The van der Waals surface area contributed by atoms with Crippen molar-refractivity contribution in [1.82, 2.24) is 20.9 Å². The van der Waals surface area contributed by atoms with E-state index in [1.165, 1.54) is 0 Å². The number of rotatable bonds is 8. The summed E-state index contributed by atoms with van der Waals surface area (Å²) in [5, 5.41) is 9.35. The van der Waals surface area contributed by atoms with Crippen molar-refractivity contribution in [1.29, 1.82) is 0 Å². The van der Waals surface area contributed by atoms with Gasteiger partial charge < -0.3 is 20.9 Å². The Hall–Kier alpha value is -3.35. The van der Waals surface area contributed by atoms with Gasteiger partial charge in [0.05, 0.1) is 0 Å². The molecule has 0 aliphatic carbocycles. The van der Waals surface area contributed by atoms with Gasteiger partial charge in [-0.1, -0.05) is 24.3 Å². The predicted molar refractivity (Wildman–Crippen MR) is 121 cm³/mol. The van der Waals surface area contributed by atoms with Crippen LogP contribution in [0.25, 0.3) is 0 Å². The van der Waals surface area contributed by atoms with E-state index in [4.69, 9.17) is 0 Å². The van der Waals surface area contributed by atoms with Gasteiger partial charge in [-0.3, -0.25) is 14.6 Å². The van der Waals surface area contributed by atoms with Crippen molar-refractivity contribution in [2.75, 3.05) is 34.2 Å². The predicted octanol–water partition coefficient (Wildman–Crippen LogP) is 2.05. The third-order valence-corrected chi connectivity index (χ3v) is 4.50. The number of hydrogen-bond acceptors (Lipinski definition) is 3. The van der Waals surface area contributed by atoms with E-state index < -0.39 is 0 Å². The minimum atomic E-state index is -0.0724. The third kappa shape index (κ3) is 6.92. The van der Waals surface area contributed by atoms with Crippen LogP contribution in [-0.4, -0.2) is 56.9 Å². The molecular weight excluding hydrogens is 378 g/mol. The number of benzene rings is 2. The van der Waals surface area contributed by atoms with Crippen LogP contribution in [-0.2, 0) is 13.0 Å². The summed E-state index contributed by atoms with van der Waals surface area (Å²) in [6, 6.07) is 15.2. The Labute approximate surface area is 178 Å². The van der Waals surface area contributed by atoms with Crippen LogP contribution >= 0.6 is 0 Å². The molecule has 0 radical (unpaired) electrons. The molecule has 0 fully saturated rings. The van der Waals surface area contributed by atoms with Gasteiger partial charge in [-0.05, 0) is 48.7 Å². The lowest BCUT2D eigenvalue weighted by Gasteiger charge is -2.13. The van der Waals surface area contributed by atoms with Crippen molar-refractivity contribution >= 4 is 17.8 Å². The van der Waals surface area contributed by atoms with E-state index in [9.17, 15) is 9.59 Å². The van der Waals surface area contributed by atoms with Crippen LogP contribution in [0.5, 0.6) is 0 Å². The first-order valence-corrected chi connectivity index (χ1v) is 10.1. The summed E-state index contributed by atoms with van der Waals surface area (Å²) in [4.78, 5) is 29.9. The molecule has 0 heterocycles. The number of nitrogens with zero attached hydrogens (tertiary/aromatic N) is 2. The highest BCUT2D eigenvalue weighted by atomic mass is 16.2. The zero-order chi connectivity index (χ0) is 21.9. The molecule has 0 saturated carbocycles. The molecule has 0 aliphatic rings. The Kier molecular flexibility index (Phi) is 8.87. The van der Waals surface area contributed by atoms with Gasteiger partial charge in [0.25, 0.3) is 11.8 Å². The topological polar surface area (TPSA) is 85.8 Å². The average Bonchev–Trinajstić information content (AvgIpc) is 2.76. The van der Waals surface area contributed by atoms with Gasteiger partial charge in [0.1, 0.15) is 0 Å². The Morgan fingerprint density at radius 3 is 2.27 bits per heavy atom. The van der Waals surface area contributed by atoms with E-state index in [1.54, 1.807) is 32.1 Å². The standard InChI is InChI=1S/C23H31N5O2/c1-5-25-21(29)19-10-7-9-18(15-19)16-27-23(24-2)26-13-12-17-8-6-11-20(14-17)22(30)28(3)4/h6-11,14-15H,5,12-13,16H2,1-4H3,(H,25,29)(H2,24,26,27). The van der Waals surface area contributed by atoms with Crippen molar-refractivity contribution in [3.05, 3.63) is 70.8 Å². The summed E-state index contributed by atoms with van der Waals surface area (Å²) in [6.07, 6.45) is 0.766. The molecule has 30 heavy (non-hydrogen) atoms. The molecule has 2 amide bonds. The van der Waals surface area contributed by atoms with E-state index in [-0.39, 0.29) is 11.8 Å². The van der Waals surface area contributed by atoms with Crippen LogP contribution in [0.4, 0.5) is 0 Å². The maximum Gasteiger partial charge on any atom is 0.253 e. The number of hydrogen-bond donors (Lipinski definition) is 3. The smallest absolute Gasteiger partial charge is 0.253 e. The van der Waals surface area contributed by atoms with E-state index in [0.29, 0.717) is 36.7 Å². The first kappa shape index (κ1) is 22.9. The van der Waals surface area contributed by atoms with Crippen molar-refractivity contribution in [3.8, 4) is 0 Å². The molecule has 0 saturated heterocycles. The lowest BCUT2D eigenvalue weighted by atomic mass is 10.1. The number of carbonyl (C=O) groups is 2. The highest BCUT2D eigenvalue weighted by Crippen LogP contribution is 2.08. The fraction of sp³-hybridized carbons (Fsp3) is 0.348. The van der Waals surface area contributed by atoms with Crippen molar-refractivity contribution in [2.45, 2.75) is 19.9 Å². The average molecular weight is 410 g/mol. The lowest BCUT2D eigenvalue weighted by molar-refractivity contribution is 0.0827. The van der Waals surface area contributed by atoms with Gasteiger partial charge in [0, 0.05) is 51.9 Å². The molecule has 0 aliphatic heterocycles. The molecule has 0 aromatic heterocycles. The molecular formula is C23H31N5O2. The Morgan fingerprint density at radius 2 is 1.60 bits per heavy atom. The van der Waals surface area contributed by atoms with Crippen molar-refractivity contribution in [2.24, 2.45) is 4.99 Å². The first-order chi connectivity index (χ1) is 14.4. The van der Waals surface area contributed by atoms with Crippen LogP contribution in [0, 0.1) is 0 Å². The van der Waals surface area contributed by atoms with Gasteiger partial charge in [-0.15, -0.1) is 0 Å². The number of guanidine groups is 1. The van der Waals surface area contributed by atoms with Gasteiger partial charge >= 0.3 is 0 Å². The monoisotopic (exact) mass is 409 g/mol. The molecule has 2 aromatic carbocycles. The Bertz CT molecular complexity index is 893. The van der Waals surface area contributed by atoms with Crippen LogP contribution in [0.2, 0.25) is 0 Å². The van der Waals surface area contributed by atoms with Crippen LogP contribution in [0.1, 0.15) is 38.8 Å². The lowest BCUT2D eigenvalue weighted by Crippen LogP contribution is -2.37. The summed E-state index contributed by atoms with van der Waals surface area (Å²) in [5.74, 6) is 0.605. The minimum absolute atomic E-state index is 0.00265. The molecule has 7 heteroatoms. The van der Waals surface area contributed by atoms with Crippen molar-refractivity contribution in [3.63, 3.8) is 0 Å². The van der Waals surface area contributed by atoms with Gasteiger partial charge in [-0.25, -0.2) is 0 Å². The zero-order valence-electron chi connectivity index (χ0n) is 18.2. The maximum atomic E-state index is 12.1. The molecule has 7 nitrogen and oxygen atoms in total. The fourth-order valence-electron chi connectivity index (χ4n) is 2.93. The molecule has 0 atom stereocenters. The van der Waals surface area contributed by atoms with E-state index in [2.05, 4.69) is 20.9 Å². The minimum Gasteiger partial charge on any atom is -0.356 e. The zero-order valence-corrected chi connectivity index (χ0v) is 18.2. The summed E-state index contributed by atoms with van der Waals surface area (Å²) < 4.78 is 0. The van der Waals surface area contributed by atoms with Gasteiger partial charge in [-0.2, -0.15) is 0 Å². The molecule has 0 bridgehead atoms. The van der Waals surface area contributed by atoms with Crippen LogP contribution in [0.15, 0.2) is 53.5 Å². The molecule has 3 N–H and O–H groups in total. The van der Waals surface area contributed by atoms with Crippen LogP contribution < -0.4 is 16.0 Å². The normalized spacial score (nSPS) is 11.0. The second-order valence-electron chi connectivity index (χ2n) is 7.06. The highest BCUT2D eigenvalue weighted by molar-refractivity contribution is 5.94. The number of aliphatic imine (C=N–C) groups is 1. The molecule has 2 rings (SSSR count). The third-order valence-electron chi connectivity index (χ3n) is 4.50. The number of amides is 2. The second kappa shape index (κ2) is 11.6. The molecule has 0 spiro atoms. The molecule has 2 aromatic rings. The number of nitrogens with one attached hydrogen (secondary N) is 3. The summed E-state index contributed by atoms with van der Waals surface area (Å²) >= 11 is 0. The van der Waals surface area contributed by atoms with Crippen molar-refractivity contribution < 1.29 is 9.59 Å². The molecule has 160 valence electrons. The Morgan fingerprint density at radius 1 is 0.933 bits per heavy atom. The summed E-state index contributed by atoms with van der Waals surface area (Å²) in [6.45, 7) is 3.73. The van der Waals surface area contributed by atoms with E-state index >= 15 is 0 Å². The first-order valence-electron chi connectivity index (χ1n) is 10.1. The van der Waals surface area contributed by atoms with Gasteiger partial charge in [0.15, 0.2) is 5.96 Å².